The van der Waals surface area contributed by atoms with Crippen LogP contribution in [0.25, 0.3) is 0 Å². The quantitative estimate of drug-likeness (QED) is 0.144. The topological polar surface area (TPSA) is 83.5 Å². The molecule has 2 atom stereocenters. The van der Waals surface area contributed by atoms with E-state index in [1.54, 1.807) is 12.1 Å². The van der Waals surface area contributed by atoms with E-state index in [1.807, 2.05) is 6.92 Å². The van der Waals surface area contributed by atoms with Gasteiger partial charge in [-0.25, -0.2) is 8.42 Å². The Bertz CT molecular complexity index is 790. The largest absolute Gasteiger partial charge is 0.391 e. The zero-order chi connectivity index (χ0) is 26.7. The third kappa shape index (κ3) is 15.1. The van der Waals surface area contributed by atoms with Crippen LogP contribution in [-0.4, -0.2) is 31.5 Å². The summed E-state index contributed by atoms with van der Waals surface area (Å²) in [4.78, 5) is 12.7. The number of nitrogens with one attached hydrogen (secondary N) is 1. The number of aryl methyl sites for hydroxylation is 1. The smallest absolute Gasteiger partial charge is 0.241 e. The van der Waals surface area contributed by atoms with Crippen molar-refractivity contribution in [3.8, 4) is 0 Å². The van der Waals surface area contributed by atoms with Crippen molar-refractivity contribution in [2.75, 3.05) is 0 Å². The Labute approximate surface area is 221 Å². The third-order valence-electron chi connectivity index (χ3n) is 6.97. The molecular formula is C30H53NO4S. The first-order valence-corrected chi connectivity index (χ1v) is 16.1. The molecule has 0 aromatic heterocycles. The summed E-state index contributed by atoms with van der Waals surface area (Å²) < 4.78 is 27.7. The van der Waals surface area contributed by atoms with Crippen molar-refractivity contribution in [2.24, 2.45) is 0 Å². The molecular weight excluding hydrogens is 470 g/mol. The molecule has 0 unspecified atom stereocenters. The Morgan fingerprint density at radius 3 is 1.53 bits per heavy atom. The van der Waals surface area contributed by atoms with Crippen LogP contribution in [0.2, 0.25) is 0 Å². The van der Waals surface area contributed by atoms with Gasteiger partial charge >= 0.3 is 0 Å². The molecule has 0 saturated heterocycles. The van der Waals surface area contributed by atoms with E-state index in [-0.39, 0.29) is 17.1 Å². The molecule has 0 aliphatic carbocycles. The summed E-state index contributed by atoms with van der Waals surface area (Å²) in [5.74, 6) is -0.248. The molecule has 0 spiro atoms. The molecule has 5 nitrogen and oxygen atoms in total. The fraction of sp³-hybridized carbons (Fsp3) is 0.767. The minimum absolute atomic E-state index is 0.101. The van der Waals surface area contributed by atoms with Crippen molar-refractivity contribution >= 4 is 15.8 Å². The Morgan fingerprint density at radius 1 is 0.750 bits per heavy atom. The lowest BCUT2D eigenvalue weighted by Crippen LogP contribution is -2.47. The van der Waals surface area contributed by atoms with E-state index in [9.17, 15) is 18.3 Å². The van der Waals surface area contributed by atoms with Crippen molar-refractivity contribution < 1.29 is 18.3 Å². The second-order valence-electron chi connectivity index (χ2n) is 10.5. The molecule has 1 rings (SSSR count). The number of unbranched alkanes of at least 4 members (excludes halogenated alkanes) is 16. The second-order valence-corrected chi connectivity index (χ2v) is 12.2. The van der Waals surface area contributed by atoms with E-state index in [0.29, 0.717) is 0 Å². The van der Waals surface area contributed by atoms with Crippen LogP contribution in [0.1, 0.15) is 135 Å². The Kier molecular flexibility index (Phi) is 18.0. The molecule has 0 heterocycles. The zero-order valence-corrected chi connectivity index (χ0v) is 24.1. The number of benzene rings is 1. The second kappa shape index (κ2) is 19.8. The van der Waals surface area contributed by atoms with E-state index in [2.05, 4.69) is 11.6 Å². The van der Waals surface area contributed by atoms with Crippen LogP contribution in [0, 0.1) is 6.92 Å². The molecule has 6 heteroatoms. The number of ketones is 1. The SMILES string of the molecule is CCCCCCCCCCCCCCCCCCCC(=O)[C@@H](NS(=O)(=O)c1ccc(C)cc1)[C@@H](C)O. The van der Waals surface area contributed by atoms with Crippen molar-refractivity contribution in [1.82, 2.24) is 4.72 Å². The van der Waals surface area contributed by atoms with Crippen molar-refractivity contribution in [3.63, 3.8) is 0 Å². The molecule has 2 N–H and O–H groups in total. The first-order valence-electron chi connectivity index (χ1n) is 14.6. The van der Waals surface area contributed by atoms with Gasteiger partial charge in [-0.1, -0.05) is 127 Å². The number of sulfonamides is 1. The first kappa shape index (κ1) is 32.8. The highest BCUT2D eigenvalue weighted by Crippen LogP contribution is 2.16. The van der Waals surface area contributed by atoms with Crippen LogP contribution in [0.15, 0.2) is 29.2 Å². The fourth-order valence-corrected chi connectivity index (χ4v) is 5.86. The summed E-state index contributed by atoms with van der Waals surface area (Å²) in [6, 6.07) is 5.34. The summed E-state index contributed by atoms with van der Waals surface area (Å²) in [6.45, 7) is 5.60. The summed E-state index contributed by atoms with van der Waals surface area (Å²) >= 11 is 0. The van der Waals surface area contributed by atoms with E-state index < -0.39 is 22.2 Å². The number of carbonyl (C=O) groups is 1. The lowest BCUT2D eigenvalue weighted by molar-refractivity contribution is -0.123. The molecule has 1 aromatic carbocycles. The highest BCUT2D eigenvalue weighted by molar-refractivity contribution is 7.89. The Hall–Kier alpha value is -1.24. The predicted octanol–water partition coefficient (Wildman–Crippen LogP) is 7.63. The normalized spacial score (nSPS) is 13.6. The van der Waals surface area contributed by atoms with E-state index in [0.717, 1.165) is 24.8 Å². The number of hydrogen-bond donors (Lipinski definition) is 2. The zero-order valence-electron chi connectivity index (χ0n) is 23.3. The van der Waals surface area contributed by atoms with Gasteiger partial charge in [-0.2, -0.15) is 4.72 Å². The minimum Gasteiger partial charge on any atom is -0.391 e. The minimum atomic E-state index is -3.86. The lowest BCUT2D eigenvalue weighted by Gasteiger charge is -2.20. The summed E-state index contributed by atoms with van der Waals surface area (Å²) in [7, 11) is -3.86. The van der Waals surface area contributed by atoms with Crippen LogP contribution in [-0.2, 0) is 14.8 Å². The Balaban J connectivity index is 2.09. The third-order valence-corrected chi connectivity index (χ3v) is 8.43. The number of rotatable bonds is 23. The van der Waals surface area contributed by atoms with Crippen LogP contribution in [0.4, 0.5) is 0 Å². The van der Waals surface area contributed by atoms with Crippen LogP contribution < -0.4 is 4.72 Å². The molecule has 1 aromatic rings. The average Bonchev–Trinajstić information content (AvgIpc) is 2.84. The van der Waals surface area contributed by atoms with Gasteiger partial charge in [-0.15, -0.1) is 0 Å². The van der Waals surface area contributed by atoms with Crippen molar-refractivity contribution in [1.29, 1.82) is 0 Å². The summed E-state index contributed by atoms with van der Waals surface area (Å²) in [6.07, 6.45) is 20.9. The van der Waals surface area contributed by atoms with E-state index in [4.69, 9.17) is 0 Å². The molecule has 0 aliphatic heterocycles. The van der Waals surface area contributed by atoms with Gasteiger partial charge in [-0.3, -0.25) is 4.79 Å². The van der Waals surface area contributed by atoms with Gasteiger partial charge in [0.2, 0.25) is 10.0 Å². The van der Waals surface area contributed by atoms with Gasteiger partial charge in [0.1, 0.15) is 6.04 Å². The number of aliphatic hydroxyl groups is 1. The maximum absolute atomic E-state index is 12.6. The highest BCUT2D eigenvalue weighted by Gasteiger charge is 2.28. The van der Waals surface area contributed by atoms with E-state index >= 15 is 0 Å². The van der Waals surface area contributed by atoms with E-state index in [1.165, 1.54) is 109 Å². The van der Waals surface area contributed by atoms with Crippen molar-refractivity contribution in [2.45, 2.75) is 153 Å². The van der Waals surface area contributed by atoms with Gasteiger partial charge in [-0.05, 0) is 32.4 Å². The maximum Gasteiger partial charge on any atom is 0.241 e. The van der Waals surface area contributed by atoms with Gasteiger partial charge in [0.25, 0.3) is 0 Å². The average molecular weight is 524 g/mol. The highest BCUT2D eigenvalue weighted by atomic mass is 32.2. The van der Waals surface area contributed by atoms with Crippen LogP contribution in [0.3, 0.4) is 0 Å². The predicted molar refractivity (Wildman–Crippen MR) is 151 cm³/mol. The number of hydrogen-bond acceptors (Lipinski definition) is 4. The standard InChI is InChI=1S/C30H53NO4S/c1-4-5-6-7-8-9-10-11-12-13-14-15-16-17-18-19-20-21-29(33)30(27(3)32)31-36(34,35)28-24-22-26(2)23-25-28/h22-25,27,30-32H,4-21H2,1-3H3/t27-,30+/m1/s1. The summed E-state index contributed by atoms with van der Waals surface area (Å²) in [5, 5.41) is 10.0. The molecule has 0 fully saturated rings. The first-order chi connectivity index (χ1) is 17.3. The molecule has 0 saturated carbocycles. The van der Waals surface area contributed by atoms with Gasteiger partial charge < -0.3 is 5.11 Å². The van der Waals surface area contributed by atoms with Crippen LogP contribution >= 0.6 is 0 Å². The fourth-order valence-electron chi connectivity index (χ4n) is 4.57. The molecule has 0 bridgehead atoms. The lowest BCUT2D eigenvalue weighted by atomic mass is 10.0. The Morgan fingerprint density at radius 2 is 1.14 bits per heavy atom. The molecule has 208 valence electrons. The van der Waals surface area contributed by atoms with Gasteiger partial charge in [0.05, 0.1) is 11.0 Å². The number of Topliss-reactive ketones (excluding diaryl/α,β-unsaturated/α-hetero) is 1. The van der Waals surface area contributed by atoms with Gasteiger partial charge in [0, 0.05) is 6.42 Å². The number of aliphatic hydroxyl groups excluding tert-OH is 1. The number of carbonyl (C=O) groups excluding carboxylic acids is 1. The molecule has 0 radical (unpaired) electrons. The van der Waals surface area contributed by atoms with Gasteiger partial charge in [0.15, 0.2) is 5.78 Å². The maximum atomic E-state index is 12.6. The van der Waals surface area contributed by atoms with Crippen molar-refractivity contribution in [3.05, 3.63) is 29.8 Å². The summed E-state index contributed by atoms with van der Waals surface area (Å²) in [5.41, 5.74) is 0.955. The molecule has 36 heavy (non-hydrogen) atoms. The molecule has 0 aliphatic rings. The molecule has 0 amide bonds. The van der Waals surface area contributed by atoms with Crippen LogP contribution in [0.5, 0.6) is 0 Å². The monoisotopic (exact) mass is 523 g/mol.